The third-order valence-electron chi connectivity index (χ3n) is 3.11. The van der Waals surface area contributed by atoms with Crippen molar-refractivity contribution in [3.8, 4) is 5.69 Å². The van der Waals surface area contributed by atoms with Crippen molar-refractivity contribution in [1.29, 1.82) is 0 Å². The molecule has 1 unspecified atom stereocenters. The number of aliphatic hydroxyl groups is 1. The second-order valence-corrected chi connectivity index (χ2v) is 4.66. The highest BCUT2D eigenvalue weighted by molar-refractivity contribution is 5.30. The normalized spacial score (nSPS) is 12.5. The topological polar surface area (TPSA) is 50.1 Å². The fourth-order valence-corrected chi connectivity index (χ4v) is 1.88. The number of nitrogens with one attached hydrogen (secondary N) is 1. The molecule has 0 aliphatic heterocycles. The van der Waals surface area contributed by atoms with Gasteiger partial charge in [-0.2, -0.15) is 5.10 Å². The van der Waals surface area contributed by atoms with E-state index >= 15 is 0 Å². The van der Waals surface area contributed by atoms with Gasteiger partial charge < -0.3 is 10.4 Å². The van der Waals surface area contributed by atoms with Crippen molar-refractivity contribution in [2.75, 3.05) is 6.54 Å². The van der Waals surface area contributed by atoms with E-state index in [0.717, 1.165) is 37.2 Å². The molecule has 0 bridgehead atoms. The van der Waals surface area contributed by atoms with E-state index < -0.39 is 0 Å². The maximum Gasteiger partial charge on any atom is 0.0645 e. The lowest BCUT2D eigenvalue weighted by Crippen LogP contribution is -2.19. The van der Waals surface area contributed by atoms with Crippen LogP contribution < -0.4 is 5.32 Å². The van der Waals surface area contributed by atoms with Crippen LogP contribution in [0.1, 0.15) is 25.3 Å². The van der Waals surface area contributed by atoms with Crippen molar-refractivity contribution in [2.24, 2.45) is 0 Å². The monoisotopic (exact) mass is 259 g/mol. The van der Waals surface area contributed by atoms with Crippen LogP contribution in [0.15, 0.2) is 42.7 Å². The molecule has 0 spiro atoms. The molecule has 0 saturated heterocycles. The average molecular weight is 259 g/mol. The van der Waals surface area contributed by atoms with Gasteiger partial charge in [-0.1, -0.05) is 25.1 Å². The first-order valence-electron chi connectivity index (χ1n) is 6.77. The molecule has 1 atom stereocenters. The van der Waals surface area contributed by atoms with Crippen LogP contribution in [0.25, 0.3) is 5.69 Å². The smallest absolute Gasteiger partial charge is 0.0645 e. The number of hydrogen-bond acceptors (Lipinski definition) is 3. The highest BCUT2D eigenvalue weighted by Gasteiger charge is 2.02. The van der Waals surface area contributed by atoms with E-state index in [1.165, 1.54) is 0 Å². The zero-order valence-corrected chi connectivity index (χ0v) is 11.3. The fourth-order valence-electron chi connectivity index (χ4n) is 1.88. The summed E-state index contributed by atoms with van der Waals surface area (Å²) in [5.41, 5.74) is 2.21. The van der Waals surface area contributed by atoms with Gasteiger partial charge in [0, 0.05) is 18.3 Å². The lowest BCUT2D eigenvalue weighted by Gasteiger charge is -2.07. The zero-order chi connectivity index (χ0) is 13.5. The number of aromatic nitrogens is 2. The number of rotatable bonds is 7. The summed E-state index contributed by atoms with van der Waals surface area (Å²) >= 11 is 0. The molecule has 2 aromatic rings. The van der Waals surface area contributed by atoms with E-state index in [1.807, 2.05) is 54.3 Å². The molecule has 1 aromatic heterocycles. The molecule has 2 rings (SSSR count). The van der Waals surface area contributed by atoms with Gasteiger partial charge in [0.15, 0.2) is 0 Å². The first-order chi connectivity index (χ1) is 9.29. The molecule has 2 N–H and O–H groups in total. The van der Waals surface area contributed by atoms with Crippen LogP contribution in [0.5, 0.6) is 0 Å². The minimum absolute atomic E-state index is 0.195. The molecule has 0 radical (unpaired) electrons. The van der Waals surface area contributed by atoms with Gasteiger partial charge in [0.1, 0.15) is 0 Å². The average Bonchev–Trinajstić information content (AvgIpc) is 2.93. The Bertz CT molecular complexity index is 481. The van der Waals surface area contributed by atoms with Crippen molar-refractivity contribution in [1.82, 2.24) is 15.1 Å². The van der Waals surface area contributed by atoms with Crippen LogP contribution in [0.2, 0.25) is 0 Å². The minimum atomic E-state index is -0.195. The first-order valence-corrected chi connectivity index (χ1v) is 6.77. The van der Waals surface area contributed by atoms with Crippen LogP contribution in [0, 0.1) is 0 Å². The molecule has 0 aliphatic rings. The van der Waals surface area contributed by atoms with Gasteiger partial charge in [-0.05, 0) is 31.5 Å². The molecular formula is C15H21N3O. The molecule has 0 aliphatic carbocycles. The predicted octanol–water partition coefficient (Wildman–Crippen LogP) is 2.12. The van der Waals surface area contributed by atoms with Gasteiger partial charge in [0.25, 0.3) is 0 Å². The molecule has 0 fully saturated rings. The maximum atomic E-state index is 9.45. The minimum Gasteiger partial charge on any atom is -0.393 e. The Labute approximate surface area is 114 Å². The number of aliphatic hydroxyl groups excluding tert-OH is 1. The third kappa shape index (κ3) is 4.19. The predicted molar refractivity (Wildman–Crippen MR) is 76.2 cm³/mol. The number of para-hydroxylation sites is 1. The summed E-state index contributed by atoms with van der Waals surface area (Å²) in [6.07, 6.45) is 5.31. The molecule has 19 heavy (non-hydrogen) atoms. The van der Waals surface area contributed by atoms with Crippen molar-refractivity contribution in [3.05, 3.63) is 48.3 Å². The Morgan fingerprint density at radius 1 is 1.32 bits per heavy atom. The Morgan fingerprint density at radius 2 is 2.11 bits per heavy atom. The van der Waals surface area contributed by atoms with E-state index in [0.29, 0.717) is 0 Å². The van der Waals surface area contributed by atoms with E-state index in [2.05, 4.69) is 10.4 Å². The summed E-state index contributed by atoms with van der Waals surface area (Å²) in [5, 5.41) is 17.1. The summed E-state index contributed by atoms with van der Waals surface area (Å²) in [4.78, 5) is 0. The van der Waals surface area contributed by atoms with Gasteiger partial charge in [0.05, 0.1) is 18.0 Å². The number of benzene rings is 1. The van der Waals surface area contributed by atoms with Crippen LogP contribution in [0.4, 0.5) is 0 Å². The van der Waals surface area contributed by atoms with Gasteiger partial charge >= 0.3 is 0 Å². The van der Waals surface area contributed by atoms with Crippen molar-refractivity contribution in [2.45, 2.75) is 32.4 Å². The Morgan fingerprint density at radius 3 is 2.84 bits per heavy atom. The van der Waals surface area contributed by atoms with Crippen molar-refractivity contribution < 1.29 is 5.11 Å². The number of nitrogens with zero attached hydrogens (tertiary/aromatic N) is 2. The van der Waals surface area contributed by atoms with Crippen LogP contribution in [0.3, 0.4) is 0 Å². The molecule has 0 amide bonds. The highest BCUT2D eigenvalue weighted by Crippen LogP contribution is 2.07. The molecular weight excluding hydrogens is 238 g/mol. The molecule has 1 heterocycles. The van der Waals surface area contributed by atoms with Gasteiger partial charge in [-0.25, -0.2) is 4.68 Å². The Kier molecular flexibility index (Phi) is 5.12. The van der Waals surface area contributed by atoms with Crippen molar-refractivity contribution in [3.63, 3.8) is 0 Å². The SMILES string of the molecule is CCC(O)CCNCc1cnn(-c2ccccc2)c1. The summed E-state index contributed by atoms with van der Waals surface area (Å²) in [7, 11) is 0. The number of hydrogen-bond donors (Lipinski definition) is 2. The van der Waals surface area contributed by atoms with E-state index in [9.17, 15) is 5.11 Å². The van der Waals surface area contributed by atoms with Gasteiger partial charge in [0.2, 0.25) is 0 Å². The first kappa shape index (κ1) is 13.8. The maximum absolute atomic E-state index is 9.45. The Balaban J connectivity index is 1.82. The second-order valence-electron chi connectivity index (χ2n) is 4.66. The highest BCUT2D eigenvalue weighted by atomic mass is 16.3. The Hall–Kier alpha value is -1.65. The van der Waals surface area contributed by atoms with Gasteiger partial charge in [-0.3, -0.25) is 0 Å². The van der Waals surface area contributed by atoms with Crippen LogP contribution in [-0.2, 0) is 6.54 Å². The lowest BCUT2D eigenvalue weighted by molar-refractivity contribution is 0.159. The summed E-state index contributed by atoms with van der Waals surface area (Å²) in [6, 6.07) is 10.1. The molecule has 102 valence electrons. The van der Waals surface area contributed by atoms with Crippen LogP contribution in [-0.4, -0.2) is 27.5 Å². The molecule has 1 aromatic carbocycles. The quantitative estimate of drug-likeness (QED) is 0.749. The fraction of sp³-hybridized carbons (Fsp3) is 0.400. The van der Waals surface area contributed by atoms with Crippen molar-refractivity contribution >= 4 is 0 Å². The van der Waals surface area contributed by atoms with E-state index in [1.54, 1.807) is 0 Å². The summed E-state index contributed by atoms with van der Waals surface area (Å²) < 4.78 is 1.87. The summed E-state index contributed by atoms with van der Waals surface area (Å²) in [6.45, 7) is 3.60. The third-order valence-corrected chi connectivity index (χ3v) is 3.11. The van der Waals surface area contributed by atoms with Crippen LogP contribution >= 0.6 is 0 Å². The lowest BCUT2D eigenvalue weighted by atomic mass is 10.2. The second kappa shape index (κ2) is 7.07. The summed E-state index contributed by atoms with van der Waals surface area (Å²) in [5.74, 6) is 0. The molecule has 4 heteroatoms. The molecule has 0 saturated carbocycles. The van der Waals surface area contributed by atoms with Gasteiger partial charge in [-0.15, -0.1) is 0 Å². The largest absolute Gasteiger partial charge is 0.393 e. The zero-order valence-electron chi connectivity index (χ0n) is 11.3. The van der Waals surface area contributed by atoms with E-state index in [4.69, 9.17) is 0 Å². The standard InChI is InChI=1S/C15H21N3O/c1-2-15(19)8-9-16-10-13-11-17-18(12-13)14-6-4-3-5-7-14/h3-7,11-12,15-16,19H,2,8-10H2,1H3. The van der Waals surface area contributed by atoms with E-state index in [-0.39, 0.29) is 6.10 Å². The molecule has 4 nitrogen and oxygen atoms in total.